The van der Waals surface area contributed by atoms with Gasteiger partial charge in [-0.1, -0.05) is 13.8 Å². The highest BCUT2D eigenvalue weighted by molar-refractivity contribution is 5.83. The molecule has 9 heteroatoms. The third-order valence-electron chi connectivity index (χ3n) is 6.47. The van der Waals surface area contributed by atoms with Crippen LogP contribution < -0.4 is 10.1 Å². The number of ether oxygens (including phenoxy) is 1. The van der Waals surface area contributed by atoms with Crippen molar-refractivity contribution in [3.05, 3.63) is 71.8 Å². The van der Waals surface area contributed by atoms with Crippen molar-refractivity contribution in [2.75, 3.05) is 25.0 Å². The number of halogens is 1. The fraction of sp³-hybridized carbons (Fsp3) is 0.321. The number of ketones is 1. The number of likely N-dealkylation sites (tertiary alicyclic amines) is 1. The first kappa shape index (κ1) is 24.9. The molecule has 0 radical (unpaired) electrons. The van der Waals surface area contributed by atoms with E-state index in [0.29, 0.717) is 48.3 Å². The number of Topliss-reactive ketones (excluding diaryl/α,β-unsaturated/α-hetero) is 1. The van der Waals surface area contributed by atoms with Gasteiger partial charge in [-0.15, -0.1) is 0 Å². The summed E-state index contributed by atoms with van der Waals surface area (Å²) in [5.74, 6) is 1.73. The number of rotatable bonds is 9. The smallest absolute Gasteiger partial charge is 0.208 e. The van der Waals surface area contributed by atoms with Gasteiger partial charge < -0.3 is 19.7 Å². The maximum atomic E-state index is 14.1. The summed E-state index contributed by atoms with van der Waals surface area (Å²) in [5, 5.41) is 12.7. The number of nitrogens with zero attached hydrogens (tertiary/aromatic N) is 4. The first-order valence-corrected chi connectivity index (χ1v) is 12.3. The molecule has 0 unspecified atom stereocenters. The van der Waals surface area contributed by atoms with Gasteiger partial charge in [0, 0.05) is 44.2 Å². The minimum atomic E-state index is -0.327. The van der Waals surface area contributed by atoms with E-state index in [0.717, 1.165) is 16.7 Å². The van der Waals surface area contributed by atoms with Crippen LogP contribution in [-0.2, 0) is 18.3 Å². The van der Waals surface area contributed by atoms with E-state index in [1.54, 1.807) is 24.4 Å². The van der Waals surface area contributed by atoms with E-state index in [4.69, 9.17) is 9.72 Å². The summed E-state index contributed by atoms with van der Waals surface area (Å²) in [7, 11) is 1.91. The molecule has 1 saturated heterocycles. The minimum absolute atomic E-state index is 0.0492. The van der Waals surface area contributed by atoms with E-state index >= 15 is 0 Å². The second-order valence-electron chi connectivity index (χ2n) is 9.81. The SMILES string of the molecule is CC(C)c1cc(Nc2nc3cc(Oc4ccnc(CC(=O)CN5CC(O)C5)c4)ccc3n2C)ccc1F. The number of hydrogen-bond donors (Lipinski definition) is 2. The van der Waals surface area contributed by atoms with E-state index in [1.165, 1.54) is 6.07 Å². The number of pyridine rings is 1. The second-order valence-corrected chi connectivity index (χ2v) is 9.81. The molecule has 2 N–H and O–H groups in total. The van der Waals surface area contributed by atoms with Gasteiger partial charge in [-0.3, -0.25) is 14.7 Å². The number of β-amino-alcohol motifs (C(OH)–C–C–N with tert-alkyl or cyclic N) is 1. The monoisotopic (exact) mass is 503 g/mol. The predicted molar refractivity (Wildman–Crippen MR) is 140 cm³/mol. The Kier molecular flexibility index (Phi) is 6.90. The van der Waals surface area contributed by atoms with Crippen molar-refractivity contribution >= 4 is 28.5 Å². The van der Waals surface area contributed by atoms with Crippen molar-refractivity contribution in [2.24, 2.45) is 7.05 Å². The quantitative estimate of drug-likeness (QED) is 0.346. The number of anilines is 2. The Morgan fingerprint density at radius 2 is 1.95 bits per heavy atom. The average molecular weight is 504 g/mol. The zero-order valence-corrected chi connectivity index (χ0v) is 21.1. The molecule has 5 rings (SSSR count). The first-order chi connectivity index (χ1) is 17.7. The fourth-order valence-electron chi connectivity index (χ4n) is 4.48. The molecule has 1 aliphatic heterocycles. The number of aliphatic hydroxyl groups is 1. The zero-order chi connectivity index (χ0) is 26.1. The van der Waals surface area contributed by atoms with Gasteiger partial charge >= 0.3 is 0 Å². The molecule has 0 spiro atoms. The van der Waals surface area contributed by atoms with Gasteiger partial charge in [0.1, 0.15) is 17.3 Å². The number of imidazole rings is 1. The van der Waals surface area contributed by atoms with E-state index in [1.807, 2.05) is 54.6 Å². The van der Waals surface area contributed by atoms with Gasteiger partial charge in [0.05, 0.1) is 35.8 Å². The zero-order valence-electron chi connectivity index (χ0n) is 21.1. The molecule has 0 bridgehead atoms. The van der Waals surface area contributed by atoms with E-state index in [-0.39, 0.29) is 30.0 Å². The van der Waals surface area contributed by atoms with Crippen LogP contribution in [0.15, 0.2) is 54.7 Å². The number of fused-ring (bicyclic) bond motifs is 1. The van der Waals surface area contributed by atoms with Crippen LogP contribution in [-0.4, -0.2) is 56.1 Å². The Balaban J connectivity index is 1.29. The van der Waals surface area contributed by atoms with Gasteiger partial charge in [0.15, 0.2) is 5.78 Å². The Labute approximate surface area is 214 Å². The van der Waals surface area contributed by atoms with Crippen molar-refractivity contribution in [3.8, 4) is 11.5 Å². The van der Waals surface area contributed by atoms with E-state index in [2.05, 4.69) is 10.3 Å². The fourth-order valence-corrected chi connectivity index (χ4v) is 4.48. The van der Waals surface area contributed by atoms with Crippen LogP contribution in [0.25, 0.3) is 11.0 Å². The predicted octanol–water partition coefficient (Wildman–Crippen LogP) is 4.55. The standard InChI is InChI=1S/C28H30FN5O3/c1-17(2)24-12-18(4-6-25(24)29)31-28-32-26-13-22(5-7-27(26)33(28)3)37-23-8-9-30-19(11-23)10-20(35)14-34-15-21(36)16-34/h4-9,11-13,17,21,36H,10,14-16H2,1-3H3,(H,31,32). The molecule has 4 aromatic rings. The Morgan fingerprint density at radius 3 is 2.70 bits per heavy atom. The largest absolute Gasteiger partial charge is 0.457 e. The third-order valence-corrected chi connectivity index (χ3v) is 6.47. The molecule has 0 amide bonds. The summed E-state index contributed by atoms with van der Waals surface area (Å²) in [5.41, 5.74) is 3.71. The van der Waals surface area contributed by atoms with Crippen LogP contribution in [0.3, 0.4) is 0 Å². The summed E-state index contributed by atoms with van der Waals surface area (Å²) in [6, 6.07) is 14.1. The number of aliphatic hydroxyl groups excluding tert-OH is 1. The van der Waals surface area contributed by atoms with Crippen LogP contribution in [0.1, 0.15) is 31.0 Å². The lowest BCUT2D eigenvalue weighted by Crippen LogP contribution is -2.52. The van der Waals surface area contributed by atoms with E-state index < -0.39 is 0 Å². The molecule has 37 heavy (non-hydrogen) atoms. The average Bonchev–Trinajstić information content (AvgIpc) is 3.13. The van der Waals surface area contributed by atoms with Gasteiger partial charge in [-0.25, -0.2) is 9.37 Å². The molecule has 8 nitrogen and oxygen atoms in total. The summed E-state index contributed by atoms with van der Waals surface area (Å²) < 4.78 is 22.1. The molecule has 0 saturated carbocycles. The highest BCUT2D eigenvalue weighted by Crippen LogP contribution is 2.29. The van der Waals surface area contributed by atoms with Gasteiger partial charge in [0.2, 0.25) is 5.95 Å². The number of benzene rings is 2. The summed E-state index contributed by atoms with van der Waals surface area (Å²) in [6.45, 7) is 5.31. The summed E-state index contributed by atoms with van der Waals surface area (Å²) in [6.07, 6.45) is 1.51. The number of nitrogens with one attached hydrogen (secondary N) is 1. The van der Waals surface area contributed by atoms with Crippen LogP contribution in [0.5, 0.6) is 11.5 Å². The molecule has 2 aromatic heterocycles. The lowest BCUT2D eigenvalue weighted by Gasteiger charge is -2.35. The van der Waals surface area contributed by atoms with Crippen molar-refractivity contribution < 1.29 is 19.0 Å². The Bertz CT molecular complexity index is 1450. The number of aromatic nitrogens is 3. The van der Waals surface area contributed by atoms with Gasteiger partial charge in [-0.2, -0.15) is 0 Å². The summed E-state index contributed by atoms with van der Waals surface area (Å²) in [4.78, 5) is 23.3. The Hall–Kier alpha value is -3.82. The normalized spacial score (nSPS) is 14.2. The first-order valence-electron chi connectivity index (χ1n) is 12.3. The van der Waals surface area contributed by atoms with Crippen LogP contribution in [0.4, 0.5) is 16.0 Å². The Morgan fingerprint density at radius 1 is 1.16 bits per heavy atom. The molecule has 2 aromatic carbocycles. The molecular formula is C28H30FN5O3. The maximum absolute atomic E-state index is 14.1. The third kappa shape index (κ3) is 5.63. The van der Waals surface area contributed by atoms with Crippen molar-refractivity contribution in [3.63, 3.8) is 0 Å². The van der Waals surface area contributed by atoms with Crippen molar-refractivity contribution in [1.82, 2.24) is 19.4 Å². The topological polar surface area (TPSA) is 92.5 Å². The number of carbonyl (C=O) groups excluding carboxylic acids is 1. The van der Waals surface area contributed by atoms with E-state index in [9.17, 15) is 14.3 Å². The molecule has 1 aliphatic rings. The number of carbonyl (C=O) groups is 1. The van der Waals surface area contributed by atoms with Crippen LogP contribution in [0.2, 0.25) is 0 Å². The second kappa shape index (κ2) is 10.3. The minimum Gasteiger partial charge on any atom is -0.457 e. The molecule has 3 heterocycles. The highest BCUT2D eigenvalue weighted by Gasteiger charge is 2.26. The van der Waals surface area contributed by atoms with Crippen LogP contribution in [0, 0.1) is 5.82 Å². The molecule has 192 valence electrons. The van der Waals surface area contributed by atoms with Crippen LogP contribution >= 0.6 is 0 Å². The lowest BCUT2D eigenvalue weighted by molar-refractivity contribution is -0.122. The molecule has 0 aliphatic carbocycles. The molecule has 1 fully saturated rings. The van der Waals surface area contributed by atoms with Crippen molar-refractivity contribution in [2.45, 2.75) is 32.3 Å². The van der Waals surface area contributed by atoms with Crippen molar-refractivity contribution in [1.29, 1.82) is 0 Å². The molecule has 0 atom stereocenters. The number of aryl methyl sites for hydroxylation is 1. The van der Waals surface area contributed by atoms with Gasteiger partial charge in [-0.05, 0) is 47.9 Å². The summed E-state index contributed by atoms with van der Waals surface area (Å²) >= 11 is 0. The highest BCUT2D eigenvalue weighted by atomic mass is 19.1. The lowest BCUT2D eigenvalue weighted by atomic mass is 10.0. The number of hydrogen-bond acceptors (Lipinski definition) is 7. The maximum Gasteiger partial charge on any atom is 0.208 e. The van der Waals surface area contributed by atoms with Gasteiger partial charge in [0.25, 0.3) is 0 Å². The molecular weight excluding hydrogens is 473 g/mol.